The summed E-state index contributed by atoms with van der Waals surface area (Å²) in [4.78, 5) is 5.87. The third-order valence-corrected chi connectivity index (χ3v) is 5.16. The molecule has 0 amide bonds. The van der Waals surface area contributed by atoms with Crippen LogP contribution in [0.4, 0.5) is 0 Å². The van der Waals surface area contributed by atoms with Crippen LogP contribution in [0.2, 0.25) is 0 Å². The van der Waals surface area contributed by atoms with E-state index in [9.17, 15) is 0 Å². The lowest BCUT2D eigenvalue weighted by Gasteiger charge is -2.20. The summed E-state index contributed by atoms with van der Waals surface area (Å²) in [6, 6.07) is 0. The second kappa shape index (κ2) is 6.27. The molecule has 0 saturated heterocycles. The molecule has 3 rings (SSSR count). The molecule has 2 unspecified atom stereocenters. The Hall–Kier alpha value is -0.870. The van der Waals surface area contributed by atoms with Crippen LogP contribution in [0.25, 0.3) is 4.96 Å². The molecule has 0 aromatic carbocycles. The summed E-state index contributed by atoms with van der Waals surface area (Å²) in [5, 5.41) is 5.74. The van der Waals surface area contributed by atoms with Gasteiger partial charge in [-0.05, 0) is 50.1 Å². The first kappa shape index (κ1) is 14.1. The molecular weight excluding hydrogens is 266 g/mol. The van der Waals surface area contributed by atoms with Gasteiger partial charge in [0.05, 0.1) is 5.69 Å². The Labute approximate surface area is 125 Å². The molecule has 1 fully saturated rings. The highest BCUT2D eigenvalue weighted by Gasteiger charge is 2.27. The number of hydrogen-bond acceptors (Lipinski definition) is 3. The van der Waals surface area contributed by atoms with E-state index < -0.39 is 0 Å². The maximum absolute atomic E-state index is 4.74. The Morgan fingerprint density at radius 3 is 3.05 bits per heavy atom. The van der Waals surface area contributed by atoms with Crippen molar-refractivity contribution in [1.29, 1.82) is 0 Å². The van der Waals surface area contributed by atoms with Crippen LogP contribution in [0.15, 0.2) is 17.8 Å². The van der Waals surface area contributed by atoms with Gasteiger partial charge in [0.15, 0.2) is 4.96 Å². The second-order valence-electron chi connectivity index (χ2n) is 6.53. The Morgan fingerprint density at radius 1 is 1.40 bits per heavy atom. The maximum atomic E-state index is 4.74. The molecule has 20 heavy (non-hydrogen) atoms. The minimum Gasteiger partial charge on any atom is -0.316 e. The molecule has 0 bridgehead atoms. The zero-order chi connectivity index (χ0) is 13.9. The van der Waals surface area contributed by atoms with Crippen LogP contribution in [0.3, 0.4) is 0 Å². The van der Waals surface area contributed by atoms with Gasteiger partial charge in [0, 0.05) is 17.8 Å². The molecule has 2 heterocycles. The summed E-state index contributed by atoms with van der Waals surface area (Å²) in [6.07, 6.45) is 9.62. The predicted molar refractivity (Wildman–Crippen MR) is 85.3 cm³/mol. The molecule has 2 atom stereocenters. The lowest BCUT2D eigenvalue weighted by Crippen LogP contribution is -2.29. The average Bonchev–Trinajstić information content (AvgIpc) is 3.05. The summed E-state index contributed by atoms with van der Waals surface area (Å²) in [6.45, 7) is 6.88. The molecule has 2 aromatic rings. The van der Waals surface area contributed by atoms with Gasteiger partial charge < -0.3 is 5.32 Å². The van der Waals surface area contributed by atoms with Crippen LogP contribution in [0, 0.1) is 17.8 Å². The number of fused-ring (bicyclic) bond motifs is 1. The van der Waals surface area contributed by atoms with Gasteiger partial charge >= 0.3 is 0 Å². The molecule has 1 aliphatic carbocycles. The lowest BCUT2D eigenvalue weighted by atomic mass is 9.91. The topological polar surface area (TPSA) is 29.3 Å². The molecule has 1 N–H and O–H groups in total. The van der Waals surface area contributed by atoms with E-state index in [4.69, 9.17) is 4.98 Å². The van der Waals surface area contributed by atoms with Crippen molar-refractivity contribution in [3.63, 3.8) is 0 Å². The van der Waals surface area contributed by atoms with Crippen molar-refractivity contribution in [2.75, 3.05) is 13.1 Å². The van der Waals surface area contributed by atoms with E-state index in [1.807, 2.05) is 0 Å². The van der Waals surface area contributed by atoms with Gasteiger partial charge in [-0.15, -0.1) is 11.3 Å². The van der Waals surface area contributed by atoms with E-state index >= 15 is 0 Å². The Morgan fingerprint density at radius 2 is 2.25 bits per heavy atom. The summed E-state index contributed by atoms with van der Waals surface area (Å²) >= 11 is 1.72. The van der Waals surface area contributed by atoms with Crippen molar-refractivity contribution < 1.29 is 0 Å². The normalized spacial score (nSPS) is 23.1. The van der Waals surface area contributed by atoms with E-state index in [1.165, 1.54) is 31.5 Å². The Balaban J connectivity index is 1.56. The van der Waals surface area contributed by atoms with Crippen molar-refractivity contribution in [2.24, 2.45) is 17.8 Å². The van der Waals surface area contributed by atoms with Crippen molar-refractivity contribution in [1.82, 2.24) is 14.7 Å². The molecule has 110 valence electrons. The van der Waals surface area contributed by atoms with Gasteiger partial charge in [0.25, 0.3) is 0 Å². The van der Waals surface area contributed by atoms with E-state index in [0.29, 0.717) is 0 Å². The standard InChI is InChI=1S/C16H25N3S/c1-12(2)9-17-10-14-5-3-4-13(14)8-15-11-19-6-7-20-16(19)18-15/h6-7,11-14,17H,3-5,8-10H2,1-2H3. The zero-order valence-corrected chi connectivity index (χ0v) is 13.3. The van der Waals surface area contributed by atoms with Gasteiger partial charge in [-0.2, -0.15) is 0 Å². The molecule has 0 radical (unpaired) electrons. The number of thiazole rings is 1. The van der Waals surface area contributed by atoms with Crippen LogP contribution in [-0.2, 0) is 6.42 Å². The SMILES string of the molecule is CC(C)CNCC1CCCC1Cc1cn2ccsc2n1. The summed E-state index contributed by atoms with van der Waals surface area (Å²) in [7, 11) is 0. The fourth-order valence-corrected chi connectivity index (χ4v) is 4.07. The van der Waals surface area contributed by atoms with Crippen LogP contribution in [0.1, 0.15) is 38.8 Å². The highest BCUT2D eigenvalue weighted by molar-refractivity contribution is 7.15. The van der Waals surface area contributed by atoms with Crippen LogP contribution in [-0.4, -0.2) is 22.5 Å². The third kappa shape index (κ3) is 3.23. The molecule has 1 aliphatic rings. The molecule has 4 heteroatoms. The number of hydrogen-bond donors (Lipinski definition) is 1. The van der Waals surface area contributed by atoms with Gasteiger partial charge in [0.2, 0.25) is 0 Å². The van der Waals surface area contributed by atoms with E-state index in [0.717, 1.165) is 35.7 Å². The molecular formula is C16H25N3S. The summed E-state index contributed by atoms with van der Waals surface area (Å²) in [5.74, 6) is 2.41. The molecule has 3 nitrogen and oxygen atoms in total. The van der Waals surface area contributed by atoms with Crippen LogP contribution >= 0.6 is 11.3 Å². The number of rotatable bonds is 6. The number of imidazole rings is 1. The van der Waals surface area contributed by atoms with Crippen LogP contribution in [0.5, 0.6) is 0 Å². The van der Waals surface area contributed by atoms with E-state index in [1.54, 1.807) is 11.3 Å². The van der Waals surface area contributed by atoms with E-state index in [2.05, 4.69) is 41.3 Å². The van der Waals surface area contributed by atoms with Gasteiger partial charge in [0.1, 0.15) is 0 Å². The summed E-state index contributed by atoms with van der Waals surface area (Å²) in [5.41, 5.74) is 1.28. The van der Waals surface area contributed by atoms with Crippen molar-refractivity contribution in [2.45, 2.75) is 39.5 Å². The molecule has 2 aromatic heterocycles. The smallest absolute Gasteiger partial charge is 0.193 e. The van der Waals surface area contributed by atoms with Gasteiger partial charge in [-0.25, -0.2) is 4.98 Å². The average molecular weight is 291 g/mol. The summed E-state index contributed by atoms with van der Waals surface area (Å²) < 4.78 is 2.15. The minimum absolute atomic E-state index is 0.745. The molecule has 1 saturated carbocycles. The fraction of sp³-hybridized carbons (Fsp3) is 0.688. The third-order valence-electron chi connectivity index (χ3n) is 4.39. The number of aromatic nitrogens is 2. The number of nitrogens with zero attached hydrogens (tertiary/aromatic N) is 2. The first-order valence-electron chi connectivity index (χ1n) is 7.84. The highest BCUT2D eigenvalue weighted by Crippen LogP contribution is 2.33. The predicted octanol–water partition coefficient (Wildman–Crippen LogP) is 3.60. The zero-order valence-electron chi connectivity index (χ0n) is 12.5. The maximum Gasteiger partial charge on any atom is 0.193 e. The first-order chi connectivity index (χ1) is 9.72. The largest absolute Gasteiger partial charge is 0.316 e. The lowest BCUT2D eigenvalue weighted by molar-refractivity contribution is 0.355. The van der Waals surface area contributed by atoms with Gasteiger partial charge in [-0.3, -0.25) is 4.40 Å². The van der Waals surface area contributed by atoms with Crippen molar-refractivity contribution in [3.05, 3.63) is 23.5 Å². The minimum atomic E-state index is 0.745. The quantitative estimate of drug-likeness (QED) is 0.881. The molecule has 0 aliphatic heterocycles. The Kier molecular flexibility index (Phi) is 4.41. The second-order valence-corrected chi connectivity index (χ2v) is 7.41. The number of nitrogens with one attached hydrogen (secondary N) is 1. The van der Waals surface area contributed by atoms with E-state index in [-0.39, 0.29) is 0 Å². The molecule has 0 spiro atoms. The van der Waals surface area contributed by atoms with Crippen LogP contribution < -0.4 is 5.32 Å². The van der Waals surface area contributed by atoms with Gasteiger partial charge in [-0.1, -0.05) is 20.3 Å². The highest BCUT2D eigenvalue weighted by atomic mass is 32.1. The van der Waals surface area contributed by atoms with Crippen molar-refractivity contribution >= 4 is 16.3 Å². The first-order valence-corrected chi connectivity index (χ1v) is 8.72. The fourth-order valence-electron chi connectivity index (χ4n) is 3.35. The monoisotopic (exact) mass is 291 g/mol. The van der Waals surface area contributed by atoms with Crippen molar-refractivity contribution in [3.8, 4) is 0 Å². The Bertz CT molecular complexity index is 514.